The van der Waals surface area contributed by atoms with Gasteiger partial charge in [-0.25, -0.2) is 4.79 Å². The monoisotopic (exact) mass is 490 g/mol. The molecular formula is C18H23IN2O4S. The molecule has 2 rings (SSSR count). The molecule has 0 amide bonds. The maximum absolute atomic E-state index is 12.7. The van der Waals surface area contributed by atoms with Crippen LogP contribution in [0.1, 0.15) is 39.3 Å². The third-order valence-corrected chi connectivity index (χ3v) is 4.73. The molecule has 0 aromatic heterocycles. The summed E-state index contributed by atoms with van der Waals surface area (Å²) in [7, 11) is 1.59. The van der Waals surface area contributed by atoms with Crippen molar-refractivity contribution in [3.8, 4) is 11.5 Å². The van der Waals surface area contributed by atoms with Gasteiger partial charge < -0.3 is 24.8 Å². The van der Waals surface area contributed by atoms with Crippen LogP contribution in [0.25, 0.3) is 0 Å². The lowest BCUT2D eigenvalue weighted by Gasteiger charge is -2.30. The highest BCUT2D eigenvalue weighted by atomic mass is 127. The molecule has 2 N–H and O–H groups in total. The molecule has 8 heteroatoms. The van der Waals surface area contributed by atoms with Gasteiger partial charge in [-0.3, -0.25) is 0 Å². The van der Waals surface area contributed by atoms with E-state index in [0.29, 0.717) is 34.5 Å². The third kappa shape index (κ3) is 4.59. The Kier molecular flexibility index (Phi) is 7.10. The van der Waals surface area contributed by atoms with Crippen LogP contribution in [0.15, 0.2) is 23.4 Å². The highest BCUT2D eigenvalue weighted by Gasteiger charge is 2.32. The van der Waals surface area contributed by atoms with E-state index >= 15 is 0 Å². The van der Waals surface area contributed by atoms with E-state index in [-0.39, 0.29) is 12.1 Å². The van der Waals surface area contributed by atoms with Gasteiger partial charge in [0.05, 0.1) is 35.0 Å². The van der Waals surface area contributed by atoms with Gasteiger partial charge in [0, 0.05) is 5.70 Å². The molecule has 142 valence electrons. The summed E-state index contributed by atoms with van der Waals surface area (Å²) in [6, 6.07) is 3.37. The van der Waals surface area contributed by atoms with E-state index in [0.717, 1.165) is 9.13 Å². The lowest BCUT2D eigenvalue weighted by molar-refractivity contribution is -0.143. The predicted octanol–water partition coefficient (Wildman–Crippen LogP) is 3.44. The topological polar surface area (TPSA) is 68.8 Å². The number of methoxy groups -OCH3 is 1. The normalized spacial score (nSPS) is 16.9. The van der Waals surface area contributed by atoms with E-state index in [1.165, 1.54) is 0 Å². The number of carbonyl (C=O) groups is 1. The van der Waals surface area contributed by atoms with E-state index in [1.54, 1.807) is 7.11 Å². The Labute approximate surface area is 172 Å². The standard InChI is InChI=1S/C18H23IN2O4S/c1-6-24-16-12(19)7-11(8-13(16)23-5)15-14(17(22)25-9(2)3)10(4)20-18(26)21-15/h7-9,15H,6H2,1-5H3,(H2,20,21,26). The highest BCUT2D eigenvalue weighted by molar-refractivity contribution is 14.1. The number of esters is 1. The van der Waals surface area contributed by atoms with E-state index in [4.69, 9.17) is 26.4 Å². The van der Waals surface area contributed by atoms with Crippen molar-refractivity contribution in [2.24, 2.45) is 0 Å². The molecule has 26 heavy (non-hydrogen) atoms. The Hall–Kier alpha value is -1.55. The number of carbonyl (C=O) groups excluding carboxylic acids is 1. The predicted molar refractivity (Wildman–Crippen MR) is 112 cm³/mol. The minimum atomic E-state index is -0.437. The third-order valence-electron chi connectivity index (χ3n) is 3.71. The molecule has 6 nitrogen and oxygen atoms in total. The van der Waals surface area contributed by atoms with E-state index in [9.17, 15) is 4.79 Å². The maximum Gasteiger partial charge on any atom is 0.338 e. The second-order valence-electron chi connectivity index (χ2n) is 5.99. The van der Waals surface area contributed by atoms with Gasteiger partial charge in [-0.2, -0.15) is 0 Å². The summed E-state index contributed by atoms with van der Waals surface area (Å²) in [5, 5.41) is 6.61. The zero-order valence-electron chi connectivity index (χ0n) is 15.4. The van der Waals surface area contributed by atoms with Crippen LogP contribution < -0.4 is 20.1 Å². The second kappa shape index (κ2) is 8.90. The van der Waals surface area contributed by atoms with Crippen LogP contribution >= 0.6 is 34.8 Å². The average Bonchev–Trinajstić information content (AvgIpc) is 2.54. The highest BCUT2D eigenvalue weighted by Crippen LogP contribution is 2.38. The largest absolute Gasteiger partial charge is 0.493 e. The summed E-state index contributed by atoms with van der Waals surface area (Å²) in [4.78, 5) is 12.7. The van der Waals surface area contributed by atoms with Crippen LogP contribution in [-0.2, 0) is 9.53 Å². The molecule has 0 spiro atoms. The molecular weight excluding hydrogens is 467 g/mol. The molecule has 1 heterocycles. The number of hydrogen-bond acceptors (Lipinski definition) is 5. The first kappa shape index (κ1) is 20.8. The lowest BCUT2D eigenvalue weighted by Crippen LogP contribution is -2.45. The SMILES string of the molecule is CCOc1c(I)cc(C2NC(=S)NC(C)=C2C(=O)OC(C)C)cc1OC. The number of thiocarbonyl (C=S) groups is 1. The van der Waals surface area contributed by atoms with Gasteiger partial charge in [-0.15, -0.1) is 0 Å². The van der Waals surface area contributed by atoms with Crippen LogP contribution in [0.2, 0.25) is 0 Å². The molecule has 0 saturated heterocycles. The summed E-state index contributed by atoms with van der Waals surface area (Å²) >= 11 is 7.48. The van der Waals surface area contributed by atoms with Crippen molar-refractivity contribution < 1.29 is 19.0 Å². The van der Waals surface area contributed by atoms with Crippen LogP contribution in [0.3, 0.4) is 0 Å². The van der Waals surface area contributed by atoms with Crippen LogP contribution in [-0.4, -0.2) is 30.9 Å². The van der Waals surface area contributed by atoms with Gasteiger partial charge in [0.2, 0.25) is 0 Å². The fraction of sp³-hybridized carbons (Fsp3) is 0.444. The lowest BCUT2D eigenvalue weighted by atomic mass is 9.95. The van der Waals surface area contributed by atoms with Crippen molar-refractivity contribution in [2.75, 3.05) is 13.7 Å². The fourth-order valence-corrected chi connectivity index (χ4v) is 3.73. The number of rotatable bonds is 6. The molecule has 0 fully saturated rings. The van der Waals surface area contributed by atoms with Crippen molar-refractivity contribution in [3.05, 3.63) is 32.5 Å². The van der Waals surface area contributed by atoms with E-state index < -0.39 is 6.04 Å². The molecule has 1 aromatic carbocycles. The first-order valence-corrected chi connectivity index (χ1v) is 9.76. The van der Waals surface area contributed by atoms with Gasteiger partial charge in [-0.05, 0) is 80.2 Å². The van der Waals surface area contributed by atoms with Crippen LogP contribution in [0, 0.1) is 3.57 Å². The van der Waals surface area contributed by atoms with Crippen molar-refractivity contribution >= 4 is 45.9 Å². The molecule has 1 aliphatic rings. The molecule has 1 aromatic rings. The summed E-state index contributed by atoms with van der Waals surface area (Å²) in [5.41, 5.74) is 2.01. The summed E-state index contributed by atoms with van der Waals surface area (Å²) in [6.45, 7) is 7.91. The first-order valence-electron chi connectivity index (χ1n) is 8.27. The number of hydrogen-bond donors (Lipinski definition) is 2. The van der Waals surface area contributed by atoms with Gasteiger partial charge >= 0.3 is 5.97 Å². The molecule has 0 saturated carbocycles. The summed E-state index contributed by atoms with van der Waals surface area (Å²) in [6.07, 6.45) is -0.215. The zero-order valence-corrected chi connectivity index (χ0v) is 18.4. The average molecular weight is 490 g/mol. The van der Waals surface area contributed by atoms with Crippen molar-refractivity contribution in [1.82, 2.24) is 10.6 Å². The summed E-state index contributed by atoms with van der Waals surface area (Å²) < 4.78 is 17.5. The number of halogens is 1. The Morgan fingerprint density at radius 3 is 2.65 bits per heavy atom. The molecule has 0 bridgehead atoms. The number of ether oxygens (including phenoxy) is 3. The zero-order chi connectivity index (χ0) is 19.4. The number of allylic oxidation sites excluding steroid dienone is 1. The smallest absolute Gasteiger partial charge is 0.338 e. The van der Waals surface area contributed by atoms with Crippen LogP contribution in [0.4, 0.5) is 0 Å². The quantitative estimate of drug-likeness (QED) is 0.360. The molecule has 1 atom stereocenters. The number of benzene rings is 1. The fourth-order valence-electron chi connectivity index (χ4n) is 2.68. The molecule has 0 radical (unpaired) electrons. The van der Waals surface area contributed by atoms with Gasteiger partial charge in [0.25, 0.3) is 0 Å². The van der Waals surface area contributed by atoms with Crippen LogP contribution in [0.5, 0.6) is 11.5 Å². The van der Waals surface area contributed by atoms with Gasteiger partial charge in [0.15, 0.2) is 16.6 Å². The Bertz CT molecular complexity index is 749. The maximum atomic E-state index is 12.7. The van der Waals surface area contributed by atoms with Gasteiger partial charge in [0.1, 0.15) is 0 Å². The summed E-state index contributed by atoms with van der Waals surface area (Å²) in [5.74, 6) is 0.907. The van der Waals surface area contributed by atoms with Gasteiger partial charge in [-0.1, -0.05) is 0 Å². The minimum absolute atomic E-state index is 0.215. The van der Waals surface area contributed by atoms with Crippen molar-refractivity contribution in [2.45, 2.75) is 39.8 Å². The molecule has 0 aliphatic carbocycles. The van der Waals surface area contributed by atoms with E-state index in [1.807, 2.05) is 39.8 Å². The van der Waals surface area contributed by atoms with Crippen molar-refractivity contribution in [1.29, 1.82) is 0 Å². The Morgan fingerprint density at radius 2 is 2.08 bits per heavy atom. The van der Waals surface area contributed by atoms with Crippen molar-refractivity contribution in [3.63, 3.8) is 0 Å². The Balaban J connectivity index is 2.53. The van der Waals surface area contributed by atoms with E-state index in [2.05, 4.69) is 33.2 Å². The molecule has 1 unspecified atom stereocenters. The first-order chi connectivity index (χ1) is 12.3. The minimum Gasteiger partial charge on any atom is -0.493 e. The second-order valence-corrected chi connectivity index (χ2v) is 7.56. The molecule has 1 aliphatic heterocycles. The Morgan fingerprint density at radius 1 is 1.38 bits per heavy atom. The number of nitrogens with one attached hydrogen (secondary N) is 2.